The van der Waals surface area contributed by atoms with Gasteiger partial charge in [0.15, 0.2) is 5.82 Å². The standard InChI is InChI=1S/C45H31N3/c1-2-11-30(12-3-1)31-13-8-15-33(25-31)43-28-44(34-16-9-14-32(26-34)36-17-10-24-46-29-36)48-45(47-43)35-22-23-41-39-20-5-4-18-37(39)38-19-6-7-21-40(38)42(41)27-35/h1-29,38,40H. The van der Waals surface area contributed by atoms with Gasteiger partial charge in [0.2, 0.25) is 0 Å². The molecule has 2 aliphatic rings. The maximum Gasteiger partial charge on any atom is 0.160 e. The third-order valence-corrected chi connectivity index (χ3v) is 9.56. The highest BCUT2D eigenvalue weighted by Gasteiger charge is 2.32. The van der Waals surface area contributed by atoms with Crippen LogP contribution in [0.1, 0.15) is 23.0 Å². The lowest BCUT2D eigenvalue weighted by atomic mass is 9.70. The molecule has 5 aromatic carbocycles. The Labute approximate surface area is 280 Å². The molecule has 0 aliphatic heterocycles. The van der Waals surface area contributed by atoms with Crippen molar-refractivity contribution in [2.75, 3.05) is 0 Å². The number of rotatable bonds is 5. The van der Waals surface area contributed by atoms with Gasteiger partial charge in [-0.2, -0.15) is 0 Å². The molecule has 2 aromatic heterocycles. The van der Waals surface area contributed by atoms with Crippen molar-refractivity contribution >= 4 is 0 Å². The first-order valence-electron chi connectivity index (χ1n) is 16.4. The molecule has 0 amide bonds. The highest BCUT2D eigenvalue weighted by Crippen LogP contribution is 2.50. The Morgan fingerprint density at radius 2 is 1.00 bits per heavy atom. The lowest BCUT2D eigenvalue weighted by Gasteiger charge is -2.34. The topological polar surface area (TPSA) is 38.7 Å². The van der Waals surface area contributed by atoms with Crippen LogP contribution in [0.3, 0.4) is 0 Å². The molecule has 0 fully saturated rings. The van der Waals surface area contributed by atoms with Crippen LogP contribution in [0.2, 0.25) is 0 Å². The number of aromatic nitrogens is 3. The van der Waals surface area contributed by atoms with E-state index >= 15 is 0 Å². The minimum Gasteiger partial charge on any atom is -0.264 e. The van der Waals surface area contributed by atoms with Gasteiger partial charge in [-0.1, -0.05) is 133 Å². The second-order valence-electron chi connectivity index (χ2n) is 12.4. The summed E-state index contributed by atoms with van der Waals surface area (Å²) in [5, 5.41) is 0. The van der Waals surface area contributed by atoms with Crippen molar-refractivity contribution in [3.8, 4) is 67.3 Å². The Hall–Kier alpha value is -6.19. The summed E-state index contributed by atoms with van der Waals surface area (Å²) >= 11 is 0. The lowest BCUT2D eigenvalue weighted by Crippen LogP contribution is -2.16. The monoisotopic (exact) mass is 613 g/mol. The quantitative estimate of drug-likeness (QED) is 0.194. The first-order valence-corrected chi connectivity index (χ1v) is 16.4. The minimum atomic E-state index is 0.265. The molecule has 0 bridgehead atoms. The fraction of sp³-hybridized carbons (Fsp3) is 0.0444. The van der Waals surface area contributed by atoms with E-state index < -0.39 is 0 Å². The Balaban J connectivity index is 1.21. The summed E-state index contributed by atoms with van der Waals surface area (Å²) in [4.78, 5) is 14.9. The fourth-order valence-electron chi connectivity index (χ4n) is 7.21. The molecule has 7 aromatic rings. The van der Waals surface area contributed by atoms with E-state index in [1.165, 1.54) is 27.8 Å². The second kappa shape index (κ2) is 11.9. The van der Waals surface area contributed by atoms with E-state index in [4.69, 9.17) is 9.97 Å². The Morgan fingerprint density at radius 1 is 0.396 bits per heavy atom. The second-order valence-corrected chi connectivity index (χ2v) is 12.4. The van der Waals surface area contributed by atoms with Gasteiger partial charge in [0, 0.05) is 46.5 Å². The van der Waals surface area contributed by atoms with Crippen LogP contribution in [0, 0.1) is 0 Å². The fourth-order valence-corrected chi connectivity index (χ4v) is 7.21. The molecule has 0 N–H and O–H groups in total. The molecule has 2 aliphatic carbocycles. The van der Waals surface area contributed by atoms with Gasteiger partial charge in [-0.3, -0.25) is 4.98 Å². The average Bonchev–Trinajstić information content (AvgIpc) is 3.18. The van der Waals surface area contributed by atoms with Crippen LogP contribution in [-0.4, -0.2) is 15.0 Å². The molecule has 0 saturated heterocycles. The molecule has 2 atom stereocenters. The number of hydrogen-bond donors (Lipinski definition) is 0. The van der Waals surface area contributed by atoms with Crippen LogP contribution in [0.5, 0.6) is 0 Å². The van der Waals surface area contributed by atoms with E-state index in [2.05, 4.69) is 163 Å². The summed E-state index contributed by atoms with van der Waals surface area (Å²) in [6, 6.07) is 49.4. The normalized spacial score (nSPS) is 15.8. The van der Waals surface area contributed by atoms with Crippen molar-refractivity contribution in [3.05, 3.63) is 187 Å². The molecule has 0 spiro atoms. The molecule has 0 saturated carbocycles. The zero-order valence-corrected chi connectivity index (χ0v) is 26.2. The van der Waals surface area contributed by atoms with Gasteiger partial charge in [-0.05, 0) is 69.3 Å². The molecule has 9 rings (SSSR count). The molecule has 3 heteroatoms. The van der Waals surface area contributed by atoms with Crippen LogP contribution >= 0.6 is 0 Å². The predicted molar refractivity (Wildman–Crippen MR) is 196 cm³/mol. The smallest absolute Gasteiger partial charge is 0.160 e. The van der Waals surface area contributed by atoms with E-state index in [0.29, 0.717) is 11.7 Å². The summed E-state index contributed by atoms with van der Waals surface area (Å²) in [7, 11) is 0. The molecular weight excluding hydrogens is 583 g/mol. The lowest BCUT2D eigenvalue weighted by molar-refractivity contribution is 0.720. The number of fused-ring (bicyclic) bond motifs is 6. The van der Waals surface area contributed by atoms with Crippen molar-refractivity contribution in [1.29, 1.82) is 0 Å². The maximum atomic E-state index is 5.26. The van der Waals surface area contributed by atoms with Gasteiger partial charge >= 0.3 is 0 Å². The third-order valence-electron chi connectivity index (χ3n) is 9.56. The van der Waals surface area contributed by atoms with Crippen LogP contribution in [0.4, 0.5) is 0 Å². The van der Waals surface area contributed by atoms with Crippen molar-refractivity contribution in [2.45, 2.75) is 11.8 Å². The summed E-state index contributed by atoms with van der Waals surface area (Å²) in [5.74, 6) is 1.29. The highest BCUT2D eigenvalue weighted by molar-refractivity contribution is 5.81. The maximum absolute atomic E-state index is 5.26. The van der Waals surface area contributed by atoms with E-state index in [1.807, 2.05) is 12.3 Å². The van der Waals surface area contributed by atoms with Crippen molar-refractivity contribution in [1.82, 2.24) is 15.0 Å². The Morgan fingerprint density at radius 3 is 1.73 bits per heavy atom. The van der Waals surface area contributed by atoms with Crippen molar-refractivity contribution < 1.29 is 0 Å². The largest absolute Gasteiger partial charge is 0.264 e. The summed E-state index contributed by atoms with van der Waals surface area (Å²) in [5.41, 5.74) is 14.7. The van der Waals surface area contributed by atoms with Gasteiger partial charge in [-0.15, -0.1) is 0 Å². The van der Waals surface area contributed by atoms with Crippen molar-refractivity contribution in [2.24, 2.45) is 0 Å². The predicted octanol–water partition coefficient (Wildman–Crippen LogP) is 11.2. The molecule has 2 unspecified atom stereocenters. The van der Waals surface area contributed by atoms with Gasteiger partial charge in [-0.25, -0.2) is 9.97 Å². The SMILES string of the molecule is C1=CC2c3ccccc3-c3ccc(-c4nc(-c5cccc(-c6ccccc6)c5)cc(-c5cccc(-c6cccnc6)c5)n4)cc3C2C=C1. The van der Waals surface area contributed by atoms with Crippen LogP contribution in [0.15, 0.2) is 176 Å². The molecule has 2 heterocycles. The molecule has 0 radical (unpaired) electrons. The van der Waals surface area contributed by atoms with Gasteiger partial charge in [0.05, 0.1) is 11.4 Å². The van der Waals surface area contributed by atoms with Gasteiger partial charge < -0.3 is 0 Å². The van der Waals surface area contributed by atoms with Gasteiger partial charge in [0.1, 0.15) is 0 Å². The van der Waals surface area contributed by atoms with Crippen LogP contribution < -0.4 is 0 Å². The first kappa shape index (κ1) is 28.1. The third kappa shape index (κ3) is 5.06. The summed E-state index contributed by atoms with van der Waals surface area (Å²) < 4.78 is 0. The average molecular weight is 614 g/mol. The summed E-state index contributed by atoms with van der Waals surface area (Å²) in [6.07, 6.45) is 12.7. The van der Waals surface area contributed by atoms with Crippen LogP contribution in [0.25, 0.3) is 67.3 Å². The number of benzene rings is 5. The Kier molecular flexibility index (Phi) is 6.94. The van der Waals surface area contributed by atoms with Gasteiger partial charge in [0.25, 0.3) is 0 Å². The molecule has 3 nitrogen and oxygen atoms in total. The number of pyridine rings is 1. The van der Waals surface area contributed by atoms with E-state index in [1.54, 1.807) is 6.20 Å². The zero-order valence-electron chi connectivity index (χ0n) is 26.2. The van der Waals surface area contributed by atoms with E-state index in [9.17, 15) is 0 Å². The molecule has 48 heavy (non-hydrogen) atoms. The number of allylic oxidation sites excluding steroid dienone is 4. The highest BCUT2D eigenvalue weighted by atomic mass is 14.9. The van der Waals surface area contributed by atoms with Crippen LogP contribution in [-0.2, 0) is 0 Å². The number of nitrogens with zero attached hydrogens (tertiary/aromatic N) is 3. The first-order chi connectivity index (χ1) is 23.8. The van der Waals surface area contributed by atoms with E-state index in [-0.39, 0.29) is 5.92 Å². The molecular formula is C45H31N3. The number of hydrogen-bond acceptors (Lipinski definition) is 3. The van der Waals surface area contributed by atoms with Crippen molar-refractivity contribution in [3.63, 3.8) is 0 Å². The summed E-state index contributed by atoms with van der Waals surface area (Å²) in [6.45, 7) is 0. The van der Waals surface area contributed by atoms with E-state index in [0.717, 1.165) is 44.8 Å². The Bertz CT molecular complexity index is 2250. The minimum absolute atomic E-state index is 0.265. The molecule has 226 valence electrons. The zero-order chi connectivity index (χ0) is 31.9.